The summed E-state index contributed by atoms with van der Waals surface area (Å²) >= 11 is 3.42. The molecule has 2 nitrogen and oxygen atoms in total. The number of nitrogens with one attached hydrogen (secondary N) is 1. The van der Waals surface area contributed by atoms with Crippen molar-refractivity contribution in [3.05, 3.63) is 63.6 Å². The average molecular weight is 337 g/mol. The molecule has 0 aliphatic rings. The van der Waals surface area contributed by atoms with Gasteiger partial charge in [-0.2, -0.15) is 0 Å². The third-order valence-corrected chi connectivity index (χ3v) is 3.74. The number of rotatable bonds is 5. The quantitative estimate of drug-likeness (QED) is 0.876. The summed E-state index contributed by atoms with van der Waals surface area (Å²) in [6, 6.07) is 6.84. The smallest absolute Gasteiger partial charge is 0.128 e. The lowest BCUT2D eigenvalue weighted by Gasteiger charge is -2.22. The molecule has 0 amide bonds. The highest BCUT2D eigenvalue weighted by atomic mass is 79.9. The molecule has 0 spiro atoms. The van der Waals surface area contributed by atoms with E-state index in [1.165, 1.54) is 6.07 Å². The van der Waals surface area contributed by atoms with Gasteiger partial charge in [0.15, 0.2) is 0 Å². The molecule has 106 valence electrons. The van der Waals surface area contributed by atoms with E-state index in [4.69, 9.17) is 0 Å². The van der Waals surface area contributed by atoms with Gasteiger partial charge in [0.25, 0.3) is 0 Å². The van der Waals surface area contributed by atoms with E-state index in [0.29, 0.717) is 5.56 Å². The van der Waals surface area contributed by atoms with Crippen molar-refractivity contribution >= 4 is 15.9 Å². The van der Waals surface area contributed by atoms with Gasteiger partial charge in [-0.3, -0.25) is 4.98 Å². The Labute approximate surface area is 127 Å². The molecule has 0 saturated heterocycles. The van der Waals surface area contributed by atoms with Crippen LogP contribution >= 0.6 is 15.9 Å². The van der Waals surface area contributed by atoms with Gasteiger partial charge in [-0.05, 0) is 55.3 Å². The maximum Gasteiger partial charge on any atom is 0.128 e. The molecule has 0 radical (unpaired) electrons. The lowest BCUT2D eigenvalue weighted by Crippen LogP contribution is -2.25. The zero-order valence-corrected chi connectivity index (χ0v) is 13.2. The first-order chi connectivity index (χ1) is 9.63. The Morgan fingerprint density at radius 3 is 2.80 bits per heavy atom. The van der Waals surface area contributed by atoms with Crippen LogP contribution < -0.4 is 5.32 Å². The molecule has 0 aliphatic heterocycles. The van der Waals surface area contributed by atoms with Crippen LogP contribution in [0.3, 0.4) is 0 Å². The Kier molecular flexibility index (Phi) is 5.26. The highest BCUT2D eigenvalue weighted by Gasteiger charge is 2.19. The van der Waals surface area contributed by atoms with E-state index in [1.54, 1.807) is 12.3 Å². The molecule has 0 saturated carbocycles. The summed E-state index contributed by atoms with van der Waals surface area (Å²) in [4.78, 5) is 4.11. The fourth-order valence-electron chi connectivity index (χ4n) is 2.22. The maximum absolute atomic E-state index is 14.2. The molecule has 0 aliphatic carbocycles. The van der Waals surface area contributed by atoms with Crippen molar-refractivity contribution in [3.8, 4) is 0 Å². The SMILES string of the molecule is CCCNC(c1ccncc1C)c1cc(Br)ccc1F. The van der Waals surface area contributed by atoms with Crippen molar-refractivity contribution in [1.29, 1.82) is 0 Å². The van der Waals surface area contributed by atoms with Crippen LogP contribution in [0.4, 0.5) is 4.39 Å². The van der Waals surface area contributed by atoms with E-state index in [2.05, 4.69) is 33.2 Å². The summed E-state index contributed by atoms with van der Waals surface area (Å²) in [6.07, 6.45) is 4.56. The Morgan fingerprint density at radius 1 is 1.30 bits per heavy atom. The number of hydrogen-bond acceptors (Lipinski definition) is 2. The molecule has 4 heteroatoms. The molecular weight excluding hydrogens is 319 g/mol. The molecule has 2 aromatic rings. The van der Waals surface area contributed by atoms with Gasteiger partial charge in [-0.15, -0.1) is 0 Å². The van der Waals surface area contributed by atoms with Gasteiger partial charge in [0.05, 0.1) is 6.04 Å². The summed E-state index contributed by atoms with van der Waals surface area (Å²) < 4.78 is 15.1. The van der Waals surface area contributed by atoms with Crippen molar-refractivity contribution in [1.82, 2.24) is 10.3 Å². The molecule has 1 unspecified atom stereocenters. The summed E-state index contributed by atoms with van der Waals surface area (Å²) in [5.41, 5.74) is 2.77. The molecule has 0 fully saturated rings. The minimum absolute atomic E-state index is 0.157. The zero-order chi connectivity index (χ0) is 14.5. The number of pyridine rings is 1. The van der Waals surface area contributed by atoms with E-state index < -0.39 is 0 Å². The average Bonchev–Trinajstić information content (AvgIpc) is 2.44. The van der Waals surface area contributed by atoms with Gasteiger partial charge in [0.1, 0.15) is 5.82 Å². The van der Waals surface area contributed by atoms with Crippen LogP contribution in [-0.2, 0) is 0 Å². The number of halogens is 2. The van der Waals surface area contributed by atoms with Gasteiger partial charge in [0, 0.05) is 22.4 Å². The lowest BCUT2D eigenvalue weighted by molar-refractivity contribution is 0.544. The normalized spacial score (nSPS) is 12.4. The summed E-state index contributed by atoms with van der Waals surface area (Å²) in [5, 5.41) is 3.42. The van der Waals surface area contributed by atoms with Gasteiger partial charge >= 0.3 is 0 Å². The molecule has 2 rings (SSSR count). The van der Waals surface area contributed by atoms with Crippen LogP contribution in [0.25, 0.3) is 0 Å². The van der Waals surface area contributed by atoms with E-state index >= 15 is 0 Å². The summed E-state index contributed by atoms with van der Waals surface area (Å²) in [6.45, 7) is 4.93. The highest BCUT2D eigenvalue weighted by Crippen LogP contribution is 2.28. The standard InChI is InChI=1S/C16H18BrFN2/c1-3-7-20-16(13-6-8-19-10-11(13)2)14-9-12(17)4-5-15(14)18/h4-6,8-10,16,20H,3,7H2,1-2H3. The van der Waals surface area contributed by atoms with Gasteiger partial charge in [-0.25, -0.2) is 4.39 Å². The monoisotopic (exact) mass is 336 g/mol. The second kappa shape index (κ2) is 6.95. The van der Waals surface area contributed by atoms with E-state index in [-0.39, 0.29) is 11.9 Å². The van der Waals surface area contributed by atoms with Crippen LogP contribution in [0, 0.1) is 12.7 Å². The summed E-state index contributed by atoms with van der Waals surface area (Å²) in [7, 11) is 0. The fourth-order valence-corrected chi connectivity index (χ4v) is 2.60. The highest BCUT2D eigenvalue weighted by molar-refractivity contribution is 9.10. The molecule has 1 atom stereocenters. The van der Waals surface area contributed by atoms with Crippen LogP contribution in [0.2, 0.25) is 0 Å². The third-order valence-electron chi connectivity index (χ3n) is 3.24. The van der Waals surface area contributed by atoms with Gasteiger partial charge in [-0.1, -0.05) is 22.9 Å². The van der Waals surface area contributed by atoms with E-state index in [0.717, 1.165) is 28.6 Å². The van der Waals surface area contributed by atoms with E-state index in [1.807, 2.05) is 25.3 Å². The summed E-state index contributed by atoms with van der Waals surface area (Å²) in [5.74, 6) is -0.196. The molecular formula is C16H18BrFN2. The predicted octanol–water partition coefficient (Wildman–Crippen LogP) is 4.38. The Morgan fingerprint density at radius 2 is 2.10 bits per heavy atom. The molecule has 20 heavy (non-hydrogen) atoms. The van der Waals surface area contributed by atoms with Crippen molar-refractivity contribution < 1.29 is 4.39 Å². The number of hydrogen-bond donors (Lipinski definition) is 1. The largest absolute Gasteiger partial charge is 0.306 e. The van der Waals surface area contributed by atoms with Crippen molar-refractivity contribution in [2.24, 2.45) is 0 Å². The number of aromatic nitrogens is 1. The molecule has 0 bridgehead atoms. The first-order valence-electron chi connectivity index (χ1n) is 6.72. The Hall–Kier alpha value is -1.26. The van der Waals surface area contributed by atoms with Crippen molar-refractivity contribution in [2.75, 3.05) is 6.54 Å². The van der Waals surface area contributed by atoms with Crippen LogP contribution in [-0.4, -0.2) is 11.5 Å². The number of nitrogens with zero attached hydrogens (tertiary/aromatic N) is 1. The Balaban J connectivity index is 2.47. The van der Waals surface area contributed by atoms with E-state index in [9.17, 15) is 4.39 Å². The van der Waals surface area contributed by atoms with Gasteiger partial charge < -0.3 is 5.32 Å². The minimum atomic E-state index is -0.196. The molecule has 1 aromatic carbocycles. The lowest BCUT2D eigenvalue weighted by atomic mass is 9.96. The number of benzene rings is 1. The van der Waals surface area contributed by atoms with Crippen LogP contribution in [0.15, 0.2) is 41.1 Å². The minimum Gasteiger partial charge on any atom is -0.306 e. The maximum atomic E-state index is 14.2. The number of aryl methyl sites for hydroxylation is 1. The van der Waals surface area contributed by atoms with Crippen molar-refractivity contribution in [3.63, 3.8) is 0 Å². The van der Waals surface area contributed by atoms with Crippen LogP contribution in [0.1, 0.15) is 36.1 Å². The first kappa shape index (κ1) is 15.1. The Bertz CT molecular complexity index is 586. The second-order valence-corrected chi connectivity index (χ2v) is 5.70. The topological polar surface area (TPSA) is 24.9 Å². The fraction of sp³-hybridized carbons (Fsp3) is 0.312. The van der Waals surface area contributed by atoms with Gasteiger partial charge in [0.2, 0.25) is 0 Å². The van der Waals surface area contributed by atoms with Crippen molar-refractivity contribution in [2.45, 2.75) is 26.3 Å². The zero-order valence-electron chi connectivity index (χ0n) is 11.7. The molecule has 1 heterocycles. The first-order valence-corrected chi connectivity index (χ1v) is 7.51. The van der Waals surface area contributed by atoms with Crippen LogP contribution in [0.5, 0.6) is 0 Å². The third kappa shape index (κ3) is 3.44. The predicted molar refractivity (Wildman–Crippen MR) is 83.2 cm³/mol. The molecule has 1 aromatic heterocycles. The second-order valence-electron chi connectivity index (χ2n) is 4.79. The molecule has 1 N–H and O–H groups in total.